The maximum atomic E-state index is 12.3. The minimum atomic E-state index is -0.167. The maximum Gasteiger partial charge on any atom is 0.317 e. The van der Waals surface area contributed by atoms with Crippen LogP contribution in [-0.4, -0.2) is 39.0 Å². The standard InChI is InChI=1S/C17H23N5O/c1-13-8-10-21(11-9-13)17(23)18-14(2)16-12-22(20-19-16)15-6-4-3-5-7-15/h3-7,12-14H,8-11H2,1-2H3,(H,18,23)/t14-/m0/s1. The smallest absolute Gasteiger partial charge is 0.317 e. The van der Waals surface area contributed by atoms with Gasteiger partial charge in [0, 0.05) is 13.1 Å². The molecule has 0 spiro atoms. The fraction of sp³-hybridized carbons (Fsp3) is 0.471. The minimum Gasteiger partial charge on any atom is -0.330 e. The van der Waals surface area contributed by atoms with Crippen LogP contribution in [0.1, 0.15) is 38.4 Å². The molecule has 1 aromatic carbocycles. The van der Waals surface area contributed by atoms with E-state index in [0.29, 0.717) is 5.92 Å². The fourth-order valence-corrected chi connectivity index (χ4v) is 2.74. The van der Waals surface area contributed by atoms with Crippen molar-refractivity contribution in [3.05, 3.63) is 42.2 Å². The summed E-state index contributed by atoms with van der Waals surface area (Å²) < 4.78 is 1.72. The Labute approximate surface area is 136 Å². The van der Waals surface area contributed by atoms with Gasteiger partial charge in [-0.15, -0.1) is 5.10 Å². The van der Waals surface area contributed by atoms with Crippen LogP contribution in [0.25, 0.3) is 5.69 Å². The number of aromatic nitrogens is 3. The van der Waals surface area contributed by atoms with Crippen LogP contribution in [0.3, 0.4) is 0 Å². The topological polar surface area (TPSA) is 63.1 Å². The fourth-order valence-electron chi connectivity index (χ4n) is 2.74. The quantitative estimate of drug-likeness (QED) is 0.947. The average molecular weight is 313 g/mol. The number of benzene rings is 1. The number of hydrogen-bond acceptors (Lipinski definition) is 3. The van der Waals surface area contributed by atoms with Crippen molar-refractivity contribution >= 4 is 6.03 Å². The largest absolute Gasteiger partial charge is 0.330 e. The zero-order valence-electron chi connectivity index (χ0n) is 13.6. The lowest BCUT2D eigenvalue weighted by molar-refractivity contribution is 0.171. The number of urea groups is 1. The number of likely N-dealkylation sites (tertiary alicyclic amines) is 1. The number of hydrogen-bond donors (Lipinski definition) is 1. The molecule has 0 bridgehead atoms. The summed E-state index contributed by atoms with van der Waals surface area (Å²) in [4.78, 5) is 14.2. The molecule has 1 aliphatic heterocycles. The van der Waals surface area contributed by atoms with Crippen LogP contribution in [0.5, 0.6) is 0 Å². The van der Waals surface area contributed by atoms with E-state index in [1.54, 1.807) is 4.68 Å². The Morgan fingerprint density at radius 2 is 1.96 bits per heavy atom. The Morgan fingerprint density at radius 3 is 2.65 bits per heavy atom. The predicted molar refractivity (Wildman–Crippen MR) is 88.3 cm³/mol. The van der Waals surface area contributed by atoms with Crippen LogP contribution in [0, 0.1) is 5.92 Å². The monoisotopic (exact) mass is 313 g/mol. The Kier molecular flexibility index (Phi) is 4.60. The molecular weight excluding hydrogens is 290 g/mol. The van der Waals surface area contributed by atoms with Crippen LogP contribution < -0.4 is 5.32 Å². The van der Waals surface area contributed by atoms with E-state index in [2.05, 4.69) is 22.6 Å². The van der Waals surface area contributed by atoms with E-state index in [0.717, 1.165) is 37.3 Å². The predicted octanol–water partition coefficient (Wildman–Crippen LogP) is 2.77. The van der Waals surface area contributed by atoms with Gasteiger partial charge in [0.25, 0.3) is 0 Å². The molecule has 1 saturated heterocycles. The number of nitrogens with one attached hydrogen (secondary N) is 1. The summed E-state index contributed by atoms with van der Waals surface area (Å²) in [5, 5.41) is 11.3. The zero-order chi connectivity index (χ0) is 16.2. The van der Waals surface area contributed by atoms with Gasteiger partial charge in [-0.05, 0) is 37.8 Å². The highest BCUT2D eigenvalue weighted by molar-refractivity contribution is 5.74. The highest BCUT2D eigenvalue weighted by Gasteiger charge is 2.22. The van der Waals surface area contributed by atoms with Crippen molar-refractivity contribution in [2.24, 2.45) is 5.92 Å². The van der Waals surface area contributed by atoms with E-state index >= 15 is 0 Å². The van der Waals surface area contributed by atoms with E-state index in [-0.39, 0.29) is 12.1 Å². The molecular formula is C17H23N5O. The minimum absolute atomic E-state index is 0.0151. The molecule has 1 fully saturated rings. The van der Waals surface area contributed by atoms with Crippen LogP contribution in [-0.2, 0) is 0 Å². The van der Waals surface area contributed by atoms with Crippen molar-refractivity contribution < 1.29 is 4.79 Å². The first-order chi connectivity index (χ1) is 11.1. The third-order valence-electron chi connectivity index (χ3n) is 4.39. The molecule has 6 nitrogen and oxygen atoms in total. The van der Waals surface area contributed by atoms with Crippen molar-refractivity contribution in [3.8, 4) is 5.69 Å². The van der Waals surface area contributed by atoms with E-state index in [9.17, 15) is 4.79 Å². The number of para-hydroxylation sites is 1. The molecule has 0 radical (unpaired) electrons. The number of carbonyl (C=O) groups is 1. The molecule has 23 heavy (non-hydrogen) atoms. The molecule has 3 rings (SSSR count). The number of amides is 2. The molecule has 0 aliphatic carbocycles. The average Bonchev–Trinajstić information content (AvgIpc) is 3.06. The molecule has 122 valence electrons. The molecule has 1 aromatic heterocycles. The SMILES string of the molecule is CC1CCN(C(=O)N[C@@H](C)c2cn(-c3ccccc3)nn2)CC1. The van der Waals surface area contributed by atoms with Crippen LogP contribution >= 0.6 is 0 Å². The van der Waals surface area contributed by atoms with Crippen molar-refractivity contribution in [2.75, 3.05) is 13.1 Å². The third-order valence-corrected chi connectivity index (χ3v) is 4.39. The van der Waals surface area contributed by atoms with Crippen LogP contribution in [0.2, 0.25) is 0 Å². The lowest BCUT2D eigenvalue weighted by Gasteiger charge is -2.31. The Morgan fingerprint density at radius 1 is 1.26 bits per heavy atom. The van der Waals surface area contributed by atoms with Crippen LogP contribution in [0.4, 0.5) is 4.79 Å². The molecule has 0 saturated carbocycles. The van der Waals surface area contributed by atoms with E-state index in [1.807, 2.05) is 48.4 Å². The van der Waals surface area contributed by atoms with Gasteiger partial charge in [0.1, 0.15) is 5.69 Å². The number of nitrogens with zero attached hydrogens (tertiary/aromatic N) is 4. The van der Waals surface area contributed by atoms with Crippen molar-refractivity contribution in [3.63, 3.8) is 0 Å². The van der Waals surface area contributed by atoms with Crippen molar-refractivity contribution in [1.82, 2.24) is 25.2 Å². The van der Waals surface area contributed by atoms with Gasteiger partial charge in [-0.25, -0.2) is 9.48 Å². The normalized spacial score (nSPS) is 17.0. The lowest BCUT2D eigenvalue weighted by Crippen LogP contribution is -2.44. The van der Waals surface area contributed by atoms with Gasteiger partial charge in [-0.1, -0.05) is 30.3 Å². The molecule has 2 heterocycles. The van der Waals surface area contributed by atoms with Crippen LogP contribution in [0.15, 0.2) is 36.5 Å². The van der Waals surface area contributed by atoms with E-state index in [4.69, 9.17) is 0 Å². The molecule has 1 aliphatic rings. The Bertz CT molecular complexity index is 646. The van der Waals surface area contributed by atoms with Gasteiger partial charge in [-0.3, -0.25) is 0 Å². The first-order valence-corrected chi connectivity index (χ1v) is 8.16. The summed E-state index contributed by atoms with van der Waals surface area (Å²) >= 11 is 0. The van der Waals surface area contributed by atoms with Gasteiger partial charge in [-0.2, -0.15) is 0 Å². The summed E-state index contributed by atoms with van der Waals surface area (Å²) in [5.74, 6) is 0.710. The second-order valence-corrected chi connectivity index (χ2v) is 6.26. The first-order valence-electron chi connectivity index (χ1n) is 8.16. The maximum absolute atomic E-state index is 12.3. The van der Waals surface area contributed by atoms with Gasteiger partial charge < -0.3 is 10.2 Å². The molecule has 2 aromatic rings. The highest BCUT2D eigenvalue weighted by atomic mass is 16.2. The summed E-state index contributed by atoms with van der Waals surface area (Å²) in [6.07, 6.45) is 4.01. The van der Waals surface area contributed by atoms with E-state index in [1.165, 1.54) is 0 Å². The van der Waals surface area contributed by atoms with Gasteiger partial charge in [0.05, 0.1) is 17.9 Å². The molecule has 1 N–H and O–H groups in total. The van der Waals surface area contributed by atoms with Crippen molar-refractivity contribution in [1.29, 1.82) is 0 Å². The molecule has 6 heteroatoms. The highest BCUT2D eigenvalue weighted by Crippen LogP contribution is 2.17. The summed E-state index contributed by atoms with van der Waals surface area (Å²) in [7, 11) is 0. The van der Waals surface area contributed by atoms with Crippen molar-refractivity contribution in [2.45, 2.75) is 32.7 Å². The molecule has 0 unspecified atom stereocenters. The molecule has 2 amide bonds. The molecule has 1 atom stereocenters. The number of piperidine rings is 1. The Balaban J connectivity index is 1.61. The van der Waals surface area contributed by atoms with Gasteiger partial charge in [0.15, 0.2) is 0 Å². The lowest BCUT2D eigenvalue weighted by atomic mass is 10.00. The van der Waals surface area contributed by atoms with Gasteiger partial charge >= 0.3 is 6.03 Å². The van der Waals surface area contributed by atoms with E-state index < -0.39 is 0 Å². The van der Waals surface area contributed by atoms with Gasteiger partial charge in [0.2, 0.25) is 0 Å². The number of carbonyl (C=O) groups excluding carboxylic acids is 1. The summed E-state index contributed by atoms with van der Waals surface area (Å²) in [6, 6.07) is 9.63. The second kappa shape index (κ2) is 6.81. The Hall–Kier alpha value is -2.37. The first kappa shape index (κ1) is 15.5. The third kappa shape index (κ3) is 3.70. The zero-order valence-corrected chi connectivity index (χ0v) is 13.6. The summed E-state index contributed by atoms with van der Waals surface area (Å²) in [5.41, 5.74) is 1.71. The summed E-state index contributed by atoms with van der Waals surface area (Å²) in [6.45, 7) is 5.83. The second-order valence-electron chi connectivity index (χ2n) is 6.26. The number of rotatable bonds is 3.